The second-order valence-electron chi connectivity index (χ2n) is 8.62. The molecule has 2 heterocycles. The van der Waals surface area contributed by atoms with E-state index in [-0.39, 0.29) is 5.41 Å². The molecule has 1 aromatic heterocycles. The monoisotopic (exact) mass is 426 g/mol. The molecule has 0 radical (unpaired) electrons. The number of hydrogen-bond acceptors (Lipinski definition) is 4. The number of fused-ring (bicyclic) bond motifs is 1. The molecule has 1 aliphatic heterocycles. The Morgan fingerprint density at radius 1 is 1.00 bits per heavy atom. The zero-order valence-electron chi connectivity index (χ0n) is 17.3. The zero-order chi connectivity index (χ0) is 20.8. The van der Waals surface area contributed by atoms with Crippen molar-refractivity contribution in [1.82, 2.24) is 9.29 Å². The lowest BCUT2D eigenvalue weighted by Gasteiger charge is -2.26. The molecule has 6 heteroatoms. The van der Waals surface area contributed by atoms with Gasteiger partial charge < -0.3 is 0 Å². The molecule has 4 nitrogen and oxygen atoms in total. The largest absolute Gasteiger partial charge is 0.243 e. The van der Waals surface area contributed by atoms with Crippen molar-refractivity contribution in [2.24, 2.45) is 0 Å². The van der Waals surface area contributed by atoms with Crippen molar-refractivity contribution in [3.63, 3.8) is 0 Å². The zero-order valence-corrected chi connectivity index (χ0v) is 18.9. The first kappa shape index (κ1) is 20.3. The lowest BCUT2D eigenvalue weighted by molar-refractivity contribution is 0.393. The van der Waals surface area contributed by atoms with Gasteiger partial charge in [-0.1, -0.05) is 62.7 Å². The Bertz CT molecular complexity index is 1120. The summed E-state index contributed by atoms with van der Waals surface area (Å²) in [4.78, 5) is 6.18. The third-order valence-corrected chi connectivity index (χ3v) is 8.34. The Labute approximate surface area is 177 Å². The van der Waals surface area contributed by atoms with Crippen molar-refractivity contribution in [1.29, 1.82) is 0 Å². The van der Waals surface area contributed by atoms with Gasteiger partial charge in [-0.25, -0.2) is 13.4 Å². The Morgan fingerprint density at radius 3 is 2.28 bits per heavy atom. The average Bonchev–Trinajstić information content (AvgIpc) is 3.11. The Kier molecular flexibility index (Phi) is 5.13. The van der Waals surface area contributed by atoms with Crippen molar-refractivity contribution in [2.75, 3.05) is 6.54 Å². The van der Waals surface area contributed by atoms with Crippen LogP contribution in [0.25, 0.3) is 10.6 Å². The Hall–Kier alpha value is -2.02. The van der Waals surface area contributed by atoms with E-state index in [9.17, 15) is 8.42 Å². The number of thiazole rings is 1. The molecule has 0 amide bonds. The first-order valence-electron chi connectivity index (χ1n) is 9.81. The van der Waals surface area contributed by atoms with Crippen LogP contribution in [0.4, 0.5) is 0 Å². The second kappa shape index (κ2) is 7.35. The maximum atomic E-state index is 13.2. The highest BCUT2D eigenvalue weighted by Crippen LogP contribution is 2.34. The van der Waals surface area contributed by atoms with Crippen LogP contribution < -0.4 is 0 Å². The topological polar surface area (TPSA) is 50.3 Å². The van der Waals surface area contributed by atoms with E-state index in [1.807, 2.05) is 12.1 Å². The minimum absolute atomic E-state index is 0.00264. The van der Waals surface area contributed by atoms with E-state index in [2.05, 4.69) is 52.0 Å². The molecule has 3 aromatic rings. The molecule has 29 heavy (non-hydrogen) atoms. The maximum Gasteiger partial charge on any atom is 0.243 e. The molecule has 0 saturated carbocycles. The Balaban J connectivity index is 1.58. The van der Waals surface area contributed by atoms with Crippen molar-refractivity contribution in [3.8, 4) is 10.6 Å². The number of rotatable bonds is 3. The van der Waals surface area contributed by atoms with Gasteiger partial charge in [-0.15, -0.1) is 11.3 Å². The summed E-state index contributed by atoms with van der Waals surface area (Å²) in [5.74, 6) is 0. The van der Waals surface area contributed by atoms with Crippen molar-refractivity contribution in [2.45, 2.75) is 51.0 Å². The van der Waals surface area contributed by atoms with Gasteiger partial charge in [0, 0.05) is 23.4 Å². The first-order valence-corrected chi connectivity index (χ1v) is 12.1. The van der Waals surface area contributed by atoms with E-state index >= 15 is 0 Å². The summed E-state index contributed by atoms with van der Waals surface area (Å²) in [5, 5.41) is 0.962. The van der Waals surface area contributed by atoms with E-state index in [1.54, 1.807) is 27.8 Å². The number of nitrogens with zero attached hydrogens (tertiary/aromatic N) is 2. The van der Waals surface area contributed by atoms with Gasteiger partial charge in [0.25, 0.3) is 0 Å². The van der Waals surface area contributed by atoms with Crippen molar-refractivity contribution >= 4 is 21.4 Å². The standard InChI is InChI=1S/C23H26N2O2S2/c1-16-5-7-17(8-6-16)22-24-20-13-14-25(15-21(20)28-22)29(26,27)19-11-9-18(10-12-19)23(2,3)4/h5-12H,13-15H2,1-4H3. The summed E-state index contributed by atoms with van der Waals surface area (Å²) in [5.41, 5.74) is 4.45. The molecule has 0 N–H and O–H groups in total. The van der Waals surface area contributed by atoms with Gasteiger partial charge in [0.05, 0.1) is 17.1 Å². The normalized spacial score (nSPS) is 15.3. The molecule has 1 aliphatic rings. The molecule has 0 aliphatic carbocycles. The van der Waals surface area contributed by atoms with E-state index < -0.39 is 10.0 Å². The molecule has 0 fully saturated rings. The number of aromatic nitrogens is 1. The lowest BCUT2D eigenvalue weighted by atomic mass is 9.87. The van der Waals surface area contributed by atoms with Gasteiger partial charge in [0.15, 0.2) is 0 Å². The molecule has 0 spiro atoms. The summed E-state index contributed by atoms with van der Waals surface area (Å²) in [7, 11) is -3.52. The van der Waals surface area contributed by atoms with Crippen LogP contribution in [0.1, 0.15) is 42.5 Å². The van der Waals surface area contributed by atoms with Crippen LogP contribution in [0.2, 0.25) is 0 Å². The van der Waals surface area contributed by atoms with Gasteiger partial charge in [-0.2, -0.15) is 4.31 Å². The second-order valence-corrected chi connectivity index (χ2v) is 11.6. The number of benzene rings is 2. The first-order chi connectivity index (χ1) is 13.6. The molecular weight excluding hydrogens is 400 g/mol. The van der Waals surface area contributed by atoms with Crippen LogP contribution in [0.5, 0.6) is 0 Å². The smallest absolute Gasteiger partial charge is 0.241 e. The third kappa shape index (κ3) is 4.02. The lowest BCUT2D eigenvalue weighted by Crippen LogP contribution is -2.35. The number of sulfonamides is 1. The molecule has 152 valence electrons. The van der Waals surface area contributed by atoms with Crippen molar-refractivity contribution < 1.29 is 8.42 Å². The van der Waals surface area contributed by atoms with Gasteiger partial charge in [-0.05, 0) is 30.0 Å². The van der Waals surface area contributed by atoms with Crippen LogP contribution >= 0.6 is 11.3 Å². The summed E-state index contributed by atoms with van der Waals surface area (Å²) in [6, 6.07) is 15.6. The van der Waals surface area contributed by atoms with Crippen LogP contribution in [0.15, 0.2) is 53.4 Å². The molecule has 0 unspecified atom stereocenters. The van der Waals surface area contributed by atoms with E-state index in [0.29, 0.717) is 24.4 Å². The number of aryl methyl sites for hydroxylation is 1. The molecule has 0 saturated heterocycles. The van der Waals surface area contributed by atoms with Gasteiger partial charge in [-0.3, -0.25) is 0 Å². The minimum Gasteiger partial charge on any atom is -0.241 e. The summed E-state index contributed by atoms with van der Waals surface area (Å²) in [6.45, 7) is 9.29. The SMILES string of the molecule is Cc1ccc(-c2nc3c(s2)CN(S(=O)(=O)c2ccc(C(C)(C)C)cc2)CC3)cc1. The Morgan fingerprint density at radius 2 is 1.66 bits per heavy atom. The predicted octanol–water partition coefficient (Wildman–Crippen LogP) is 5.16. The molecule has 0 bridgehead atoms. The van der Waals surface area contributed by atoms with E-state index in [1.165, 1.54) is 5.56 Å². The quantitative estimate of drug-likeness (QED) is 0.581. The van der Waals surface area contributed by atoms with Gasteiger partial charge in [0.2, 0.25) is 10.0 Å². The fourth-order valence-electron chi connectivity index (χ4n) is 3.47. The fourth-order valence-corrected chi connectivity index (χ4v) is 6.09. The van der Waals surface area contributed by atoms with Crippen LogP contribution in [0, 0.1) is 6.92 Å². The van der Waals surface area contributed by atoms with Gasteiger partial charge in [0.1, 0.15) is 5.01 Å². The molecule has 0 atom stereocenters. The molecule has 4 rings (SSSR count). The summed E-state index contributed by atoms with van der Waals surface area (Å²) >= 11 is 1.60. The highest BCUT2D eigenvalue weighted by molar-refractivity contribution is 7.89. The molecular formula is C23H26N2O2S2. The van der Waals surface area contributed by atoms with E-state index in [4.69, 9.17) is 4.98 Å². The third-order valence-electron chi connectivity index (χ3n) is 5.35. The predicted molar refractivity (Wildman–Crippen MR) is 119 cm³/mol. The molecule has 2 aromatic carbocycles. The fraction of sp³-hybridized carbons (Fsp3) is 0.348. The van der Waals surface area contributed by atoms with Crippen LogP contribution in [-0.2, 0) is 28.4 Å². The van der Waals surface area contributed by atoms with Crippen molar-refractivity contribution in [3.05, 3.63) is 70.2 Å². The van der Waals surface area contributed by atoms with Crippen LogP contribution in [0.3, 0.4) is 0 Å². The maximum absolute atomic E-state index is 13.2. The van der Waals surface area contributed by atoms with Gasteiger partial charge >= 0.3 is 0 Å². The summed E-state index contributed by atoms with van der Waals surface area (Å²) < 4.78 is 27.9. The highest BCUT2D eigenvalue weighted by atomic mass is 32.2. The van der Waals surface area contributed by atoms with E-state index in [0.717, 1.165) is 26.7 Å². The highest BCUT2D eigenvalue weighted by Gasteiger charge is 2.30. The minimum atomic E-state index is -3.52. The average molecular weight is 427 g/mol. The number of hydrogen-bond donors (Lipinski definition) is 0. The summed E-state index contributed by atoms with van der Waals surface area (Å²) in [6.07, 6.45) is 0.650. The van der Waals surface area contributed by atoms with Crippen LogP contribution in [-0.4, -0.2) is 24.3 Å².